The molecule has 25 heavy (non-hydrogen) atoms. The van der Waals surface area contributed by atoms with Crippen LogP contribution in [0.5, 0.6) is 0 Å². The molecular weight excluding hydrogens is 320 g/mol. The number of hydrogen-bond donors (Lipinski definition) is 2. The minimum Gasteiger partial charge on any atom is -0.478 e. The average Bonchev–Trinajstić information content (AvgIpc) is 3.01. The molecule has 0 unspecified atom stereocenters. The van der Waals surface area contributed by atoms with E-state index >= 15 is 0 Å². The van der Waals surface area contributed by atoms with E-state index in [9.17, 15) is 14.7 Å². The number of aryl methyl sites for hydroxylation is 1. The van der Waals surface area contributed by atoms with Gasteiger partial charge < -0.3 is 15.0 Å². The van der Waals surface area contributed by atoms with E-state index in [4.69, 9.17) is 0 Å². The topological polar surface area (TPSA) is 97.1 Å². The SMILES string of the molecule is Cc1c(C(=O)O)cccc1C(=O)Nc1ccccc1-c1nncn1C. The largest absolute Gasteiger partial charge is 0.478 e. The number of rotatable bonds is 4. The standard InChI is InChI=1S/C18H16N4O3/c1-11-12(7-5-8-13(11)18(24)25)17(23)20-15-9-4-3-6-14(15)16-21-19-10-22(16)2/h3-10H,1-2H3,(H,20,23)(H,24,25). The van der Waals surface area contributed by atoms with Crippen molar-refractivity contribution in [3.63, 3.8) is 0 Å². The smallest absolute Gasteiger partial charge is 0.335 e. The Balaban J connectivity index is 1.97. The Bertz CT molecular complexity index is 962. The number of nitrogens with one attached hydrogen (secondary N) is 1. The van der Waals surface area contributed by atoms with E-state index < -0.39 is 5.97 Å². The van der Waals surface area contributed by atoms with E-state index in [2.05, 4.69) is 15.5 Å². The predicted octanol–water partition coefficient (Wildman–Crippen LogP) is 2.74. The van der Waals surface area contributed by atoms with Crippen molar-refractivity contribution in [2.75, 3.05) is 5.32 Å². The number of carbonyl (C=O) groups is 2. The molecule has 0 radical (unpaired) electrons. The molecule has 0 fully saturated rings. The highest BCUT2D eigenvalue weighted by molar-refractivity contribution is 6.08. The van der Waals surface area contributed by atoms with Crippen molar-refractivity contribution < 1.29 is 14.7 Å². The molecule has 2 N–H and O–H groups in total. The van der Waals surface area contributed by atoms with Crippen molar-refractivity contribution in [2.45, 2.75) is 6.92 Å². The summed E-state index contributed by atoms with van der Waals surface area (Å²) in [5, 5.41) is 20.0. The van der Waals surface area contributed by atoms with Gasteiger partial charge in [-0.25, -0.2) is 4.79 Å². The molecule has 1 aromatic heterocycles. The van der Waals surface area contributed by atoms with Gasteiger partial charge in [0.05, 0.1) is 11.3 Å². The Hall–Kier alpha value is -3.48. The van der Waals surface area contributed by atoms with Crippen LogP contribution in [-0.4, -0.2) is 31.7 Å². The third kappa shape index (κ3) is 3.12. The molecule has 0 atom stereocenters. The monoisotopic (exact) mass is 336 g/mol. The van der Waals surface area contributed by atoms with Crippen LogP contribution in [0.15, 0.2) is 48.8 Å². The molecule has 1 amide bonds. The first-order valence-electron chi connectivity index (χ1n) is 7.56. The molecule has 2 aromatic carbocycles. The molecule has 0 saturated carbocycles. The lowest BCUT2D eigenvalue weighted by molar-refractivity contribution is 0.0696. The van der Waals surface area contributed by atoms with E-state index in [0.29, 0.717) is 22.6 Å². The molecule has 0 saturated heterocycles. The molecule has 3 aromatic rings. The summed E-state index contributed by atoms with van der Waals surface area (Å²) in [5.41, 5.74) is 2.14. The van der Waals surface area contributed by atoms with Crippen molar-refractivity contribution in [3.8, 4) is 11.4 Å². The third-order valence-electron chi connectivity index (χ3n) is 3.94. The Morgan fingerprint density at radius 1 is 1.08 bits per heavy atom. The number of nitrogens with zero attached hydrogens (tertiary/aromatic N) is 3. The first-order valence-corrected chi connectivity index (χ1v) is 7.56. The molecule has 0 aliphatic heterocycles. The van der Waals surface area contributed by atoms with Gasteiger partial charge in [-0.15, -0.1) is 10.2 Å². The van der Waals surface area contributed by atoms with E-state index in [1.807, 2.05) is 19.2 Å². The normalized spacial score (nSPS) is 10.5. The van der Waals surface area contributed by atoms with E-state index in [0.717, 1.165) is 5.56 Å². The lowest BCUT2D eigenvalue weighted by Crippen LogP contribution is -2.16. The number of carboxylic acids is 1. The van der Waals surface area contributed by atoms with Crippen LogP contribution < -0.4 is 5.32 Å². The maximum atomic E-state index is 12.7. The zero-order chi connectivity index (χ0) is 18.0. The molecule has 0 aliphatic carbocycles. The van der Waals surface area contributed by atoms with Crippen LogP contribution in [0.4, 0.5) is 5.69 Å². The van der Waals surface area contributed by atoms with Gasteiger partial charge in [0.15, 0.2) is 5.82 Å². The third-order valence-corrected chi connectivity index (χ3v) is 3.94. The van der Waals surface area contributed by atoms with Crippen LogP contribution in [0.1, 0.15) is 26.3 Å². The van der Waals surface area contributed by atoms with Gasteiger partial charge in [-0.1, -0.05) is 18.2 Å². The van der Waals surface area contributed by atoms with Gasteiger partial charge in [0, 0.05) is 18.2 Å². The summed E-state index contributed by atoms with van der Waals surface area (Å²) in [6.07, 6.45) is 1.58. The van der Waals surface area contributed by atoms with Crippen molar-refractivity contribution in [2.24, 2.45) is 7.05 Å². The fourth-order valence-corrected chi connectivity index (χ4v) is 2.62. The summed E-state index contributed by atoms with van der Waals surface area (Å²) in [4.78, 5) is 23.9. The second-order valence-electron chi connectivity index (χ2n) is 5.55. The summed E-state index contributed by atoms with van der Waals surface area (Å²) < 4.78 is 1.75. The number of carbonyl (C=O) groups excluding carboxylic acids is 1. The number of para-hydroxylation sites is 1. The van der Waals surface area contributed by atoms with Gasteiger partial charge in [-0.05, 0) is 36.8 Å². The number of benzene rings is 2. The Kier molecular flexibility index (Phi) is 4.30. The molecule has 7 heteroatoms. The lowest BCUT2D eigenvalue weighted by Gasteiger charge is -2.12. The molecule has 126 valence electrons. The van der Waals surface area contributed by atoms with Gasteiger partial charge >= 0.3 is 5.97 Å². The molecule has 3 rings (SSSR count). The summed E-state index contributed by atoms with van der Waals surface area (Å²) in [6.45, 7) is 1.62. The Morgan fingerprint density at radius 3 is 2.48 bits per heavy atom. The minimum atomic E-state index is -1.06. The summed E-state index contributed by atoms with van der Waals surface area (Å²) in [7, 11) is 1.81. The van der Waals surface area contributed by atoms with E-state index in [1.165, 1.54) is 6.07 Å². The highest BCUT2D eigenvalue weighted by Gasteiger charge is 2.17. The fourth-order valence-electron chi connectivity index (χ4n) is 2.62. The van der Waals surface area contributed by atoms with E-state index in [-0.39, 0.29) is 11.5 Å². The summed E-state index contributed by atoms with van der Waals surface area (Å²) in [6, 6.07) is 11.9. The van der Waals surface area contributed by atoms with Crippen LogP contribution in [0, 0.1) is 6.92 Å². The second-order valence-corrected chi connectivity index (χ2v) is 5.55. The first-order chi connectivity index (χ1) is 12.0. The van der Waals surface area contributed by atoms with Gasteiger partial charge in [0.1, 0.15) is 6.33 Å². The number of anilines is 1. The quantitative estimate of drug-likeness (QED) is 0.763. The predicted molar refractivity (Wildman–Crippen MR) is 92.5 cm³/mol. The van der Waals surface area contributed by atoms with Crippen molar-refractivity contribution in [3.05, 3.63) is 65.5 Å². The lowest BCUT2D eigenvalue weighted by atomic mass is 10.0. The molecule has 1 heterocycles. The Morgan fingerprint density at radius 2 is 1.80 bits per heavy atom. The maximum Gasteiger partial charge on any atom is 0.335 e. The van der Waals surface area contributed by atoms with Gasteiger partial charge in [-0.2, -0.15) is 0 Å². The zero-order valence-electron chi connectivity index (χ0n) is 13.7. The fraction of sp³-hybridized carbons (Fsp3) is 0.111. The second kappa shape index (κ2) is 6.56. The van der Waals surface area contributed by atoms with E-state index in [1.54, 1.807) is 42.1 Å². The number of aromatic nitrogens is 3. The number of hydrogen-bond acceptors (Lipinski definition) is 4. The number of carboxylic acid groups (broad SMARTS) is 1. The Labute approximate surface area is 143 Å². The number of amides is 1. The van der Waals surface area contributed by atoms with Crippen LogP contribution in [0.2, 0.25) is 0 Å². The summed E-state index contributed by atoms with van der Waals surface area (Å²) >= 11 is 0. The van der Waals surface area contributed by atoms with Crippen molar-refractivity contribution in [1.29, 1.82) is 0 Å². The highest BCUT2D eigenvalue weighted by atomic mass is 16.4. The van der Waals surface area contributed by atoms with Gasteiger partial charge in [0.2, 0.25) is 0 Å². The van der Waals surface area contributed by atoms with Crippen molar-refractivity contribution >= 4 is 17.6 Å². The van der Waals surface area contributed by atoms with Crippen molar-refractivity contribution in [1.82, 2.24) is 14.8 Å². The van der Waals surface area contributed by atoms with Crippen LogP contribution in [0.25, 0.3) is 11.4 Å². The molecule has 0 aliphatic rings. The van der Waals surface area contributed by atoms with Crippen LogP contribution in [0.3, 0.4) is 0 Å². The molecule has 0 spiro atoms. The number of aromatic carboxylic acids is 1. The summed E-state index contributed by atoms with van der Waals surface area (Å²) in [5.74, 6) is -0.825. The molecule has 7 nitrogen and oxygen atoms in total. The maximum absolute atomic E-state index is 12.7. The van der Waals surface area contributed by atoms with Gasteiger partial charge in [0.25, 0.3) is 5.91 Å². The first kappa shape index (κ1) is 16.4. The highest BCUT2D eigenvalue weighted by Crippen LogP contribution is 2.26. The molecule has 0 bridgehead atoms. The average molecular weight is 336 g/mol. The van der Waals surface area contributed by atoms with Crippen LogP contribution in [-0.2, 0) is 7.05 Å². The van der Waals surface area contributed by atoms with Crippen LogP contribution >= 0.6 is 0 Å². The zero-order valence-corrected chi connectivity index (χ0v) is 13.7. The minimum absolute atomic E-state index is 0.106. The molecular formula is C18H16N4O3. The van der Waals surface area contributed by atoms with Gasteiger partial charge in [-0.3, -0.25) is 4.79 Å².